The zero-order valence-electron chi connectivity index (χ0n) is 10.6. The van der Waals surface area contributed by atoms with Crippen molar-refractivity contribution in [2.24, 2.45) is 0 Å². The van der Waals surface area contributed by atoms with Gasteiger partial charge in [-0.25, -0.2) is 4.98 Å². The summed E-state index contributed by atoms with van der Waals surface area (Å²) >= 11 is 0. The molecule has 1 atom stereocenters. The third kappa shape index (κ3) is 5.93. The van der Waals surface area contributed by atoms with Crippen LogP contribution in [0, 0.1) is 0 Å². The normalized spacial score (nSPS) is 12.3. The summed E-state index contributed by atoms with van der Waals surface area (Å²) in [5.41, 5.74) is -1.11. The minimum Gasteiger partial charge on any atom is -0.394 e. The fourth-order valence-corrected chi connectivity index (χ4v) is 2.11. The Labute approximate surface area is 117 Å². The van der Waals surface area contributed by atoms with Crippen molar-refractivity contribution in [1.82, 2.24) is 9.97 Å². The van der Waals surface area contributed by atoms with Crippen LogP contribution < -0.4 is 0 Å². The molecule has 3 N–H and O–H groups in total. The molecular weight excluding hydrogens is 284 g/mol. The average Bonchev–Trinajstić information content (AvgIpc) is 2.98. The first-order valence-electron chi connectivity index (χ1n) is 5.72. The van der Waals surface area contributed by atoms with Gasteiger partial charge in [0.2, 0.25) is 5.44 Å². The average molecular weight is 300 g/mol. The number of aliphatic hydroxyl groups excluding tert-OH is 1. The summed E-state index contributed by atoms with van der Waals surface area (Å²) in [6.45, 7) is -0.460. The Morgan fingerprint density at radius 2 is 2.00 bits per heavy atom. The van der Waals surface area contributed by atoms with Crippen LogP contribution in [0.2, 0.25) is 0 Å². The van der Waals surface area contributed by atoms with Gasteiger partial charge < -0.3 is 14.8 Å². The second-order valence-electron chi connectivity index (χ2n) is 3.61. The van der Waals surface area contributed by atoms with Crippen LogP contribution in [0.15, 0.2) is 49.1 Å². The number of H-pyrrole nitrogens is 1. The van der Waals surface area contributed by atoms with Crippen molar-refractivity contribution in [1.29, 1.82) is 0 Å². The number of aromatic nitrogens is 2. The molecule has 110 valence electrons. The van der Waals surface area contributed by atoms with E-state index in [0.29, 0.717) is 5.56 Å². The van der Waals surface area contributed by atoms with E-state index in [1.54, 1.807) is 36.9 Å². The van der Waals surface area contributed by atoms with Crippen molar-refractivity contribution >= 4 is 10.1 Å². The number of ether oxygens (including phenoxy) is 1. The maximum atomic E-state index is 11.0. The third-order valence-corrected chi connectivity index (χ3v) is 3.06. The Hall–Kier alpha value is -1.74. The summed E-state index contributed by atoms with van der Waals surface area (Å²) < 4.78 is 35.8. The van der Waals surface area contributed by atoms with E-state index in [1.165, 1.54) is 12.1 Å². The van der Waals surface area contributed by atoms with Gasteiger partial charge in [-0.05, 0) is 5.56 Å². The molecule has 2 aromatic rings. The van der Waals surface area contributed by atoms with Crippen LogP contribution in [0.3, 0.4) is 0 Å². The number of nitrogens with one attached hydrogen (secondary N) is 1. The van der Waals surface area contributed by atoms with Crippen LogP contribution in [0.5, 0.6) is 0 Å². The van der Waals surface area contributed by atoms with Gasteiger partial charge in [0.1, 0.15) is 0 Å². The second-order valence-corrected chi connectivity index (χ2v) is 5.07. The number of benzene rings is 1. The molecule has 1 unspecified atom stereocenters. The molecule has 0 bridgehead atoms. The highest BCUT2D eigenvalue weighted by Gasteiger charge is 2.25. The zero-order chi connectivity index (χ0) is 14.8. The third-order valence-electron chi connectivity index (χ3n) is 2.11. The van der Waals surface area contributed by atoms with E-state index in [1.807, 2.05) is 0 Å². The monoisotopic (exact) mass is 300 g/mol. The largest absolute Gasteiger partial charge is 0.394 e. The fraction of sp³-hybridized carbons (Fsp3) is 0.250. The predicted octanol–water partition coefficient (Wildman–Crippen LogP) is 0.992. The first kappa shape index (κ1) is 16.3. The van der Waals surface area contributed by atoms with Crippen molar-refractivity contribution in [3.63, 3.8) is 0 Å². The number of hydrogen-bond acceptors (Lipinski definition) is 5. The zero-order valence-corrected chi connectivity index (χ0v) is 11.4. The van der Waals surface area contributed by atoms with Gasteiger partial charge in [0.25, 0.3) is 10.1 Å². The van der Waals surface area contributed by atoms with Gasteiger partial charge in [-0.2, -0.15) is 8.42 Å². The topological polar surface area (TPSA) is 113 Å². The summed E-state index contributed by atoms with van der Waals surface area (Å²) in [5.74, 6) is 0. The molecule has 0 radical (unpaired) electrons. The van der Waals surface area contributed by atoms with E-state index >= 15 is 0 Å². The molecule has 1 heterocycles. The summed E-state index contributed by atoms with van der Waals surface area (Å²) in [6.07, 6.45) is 5.08. The summed E-state index contributed by atoms with van der Waals surface area (Å²) in [6, 6.07) is 8.04. The molecule has 0 amide bonds. The van der Waals surface area contributed by atoms with Gasteiger partial charge in [-0.3, -0.25) is 4.55 Å². The maximum Gasteiger partial charge on any atom is 0.296 e. The van der Waals surface area contributed by atoms with Crippen LogP contribution in [-0.2, 0) is 14.9 Å². The number of rotatable bonds is 5. The molecule has 0 fully saturated rings. The standard InChI is InChI=1S/C9H12O5S.C3H4N2/c10-6-7-14-9(15(11,12)13)8-4-2-1-3-5-8;1-2-5-3-4-1/h1-5,9-10H,6-7H2,(H,11,12,13);1-3H,(H,4,5). The van der Waals surface area contributed by atoms with Gasteiger partial charge in [0.05, 0.1) is 19.5 Å². The highest BCUT2D eigenvalue weighted by molar-refractivity contribution is 7.85. The molecule has 0 aliphatic heterocycles. The number of hydrogen-bond donors (Lipinski definition) is 3. The van der Waals surface area contributed by atoms with Crippen molar-refractivity contribution in [2.75, 3.05) is 13.2 Å². The van der Waals surface area contributed by atoms with Gasteiger partial charge in [-0.1, -0.05) is 30.3 Å². The van der Waals surface area contributed by atoms with E-state index in [9.17, 15) is 8.42 Å². The quantitative estimate of drug-likeness (QED) is 0.710. The first-order chi connectivity index (χ1) is 9.55. The summed E-state index contributed by atoms with van der Waals surface area (Å²) in [4.78, 5) is 6.42. The molecule has 20 heavy (non-hydrogen) atoms. The Morgan fingerprint density at radius 1 is 1.30 bits per heavy atom. The van der Waals surface area contributed by atoms with E-state index in [4.69, 9.17) is 14.4 Å². The van der Waals surface area contributed by atoms with Crippen LogP contribution in [-0.4, -0.2) is 41.3 Å². The molecule has 0 aliphatic carbocycles. The van der Waals surface area contributed by atoms with Crippen molar-refractivity contribution in [2.45, 2.75) is 5.44 Å². The predicted molar refractivity (Wildman–Crippen MR) is 72.4 cm³/mol. The molecule has 7 nitrogen and oxygen atoms in total. The van der Waals surface area contributed by atoms with Crippen molar-refractivity contribution in [3.05, 3.63) is 54.6 Å². The first-order valence-corrected chi connectivity index (χ1v) is 7.22. The van der Waals surface area contributed by atoms with E-state index in [0.717, 1.165) is 0 Å². The number of nitrogens with zero attached hydrogens (tertiary/aromatic N) is 1. The molecule has 1 aromatic heterocycles. The van der Waals surface area contributed by atoms with E-state index < -0.39 is 15.6 Å². The van der Waals surface area contributed by atoms with Crippen LogP contribution in [0.25, 0.3) is 0 Å². The SMILES string of the molecule is O=S(=O)(O)C(OCCO)c1ccccc1.c1c[nH]cn1. The number of aliphatic hydroxyl groups is 1. The van der Waals surface area contributed by atoms with Gasteiger partial charge in [-0.15, -0.1) is 0 Å². The molecule has 2 rings (SSSR count). The van der Waals surface area contributed by atoms with E-state index in [-0.39, 0.29) is 13.2 Å². The van der Waals surface area contributed by atoms with Gasteiger partial charge in [0, 0.05) is 12.4 Å². The fourth-order valence-electron chi connectivity index (χ4n) is 1.34. The Bertz CT molecular complexity index is 540. The number of aromatic amines is 1. The second kappa shape index (κ2) is 8.43. The lowest BCUT2D eigenvalue weighted by Crippen LogP contribution is -2.17. The summed E-state index contributed by atoms with van der Waals surface area (Å²) in [5, 5.41) is 8.53. The van der Waals surface area contributed by atoms with Crippen molar-refractivity contribution < 1.29 is 22.8 Å². The minimum absolute atomic E-state index is 0.153. The Balaban J connectivity index is 0.000000333. The highest BCUT2D eigenvalue weighted by Crippen LogP contribution is 2.22. The lowest BCUT2D eigenvalue weighted by atomic mass is 10.2. The van der Waals surface area contributed by atoms with Crippen LogP contribution >= 0.6 is 0 Å². The molecule has 1 aromatic carbocycles. The van der Waals surface area contributed by atoms with Gasteiger partial charge in [0.15, 0.2) is 0 Å². The molecule has 8 heteroatoms. The van der Waals surface area contributed by atoms with Crippen LogP contribution in [0.1, 0.15) is 11.0 Å². The Morgan fingerprint density at radius 3 is 2.40 bits per heavy atom. The molecule has 0 saturated heterocycles. The smallest absolute Gasteiger partial charge is 0.296 e. The summed E-state index contributed by atoms with van der Waals surface area (Å²) in [7, 11) is -4.32. The van der Waals surface area contributed by atoms with Crippen LogP contribution in [0.4, 0.5) is 0 Å². The Kier molecular flexibility index (Phi) is 6.88. The van der Waals surface area contributed by atoms with E-state index in [2.05, 4.69) is 9.97 Å². The molecule has 0 spiro atoms. The number of imidazole rings is 1. The minimum atomic E-state index is -4.32. The lowest BCUT2D eigenvalue weighted by Gasteiger charge is -2.14. The molecular formula is C12H16N2O5S. The maximum absolute atomic E-state index is 11.0. The van der Waals surface area contributed by atoms with Crippen molar-refractivity contribution in [3.8, 4) is 0 Å². The molecule has 0 saturated carbocycles. The lowest BCUT2D eigenvalue weighted by molar-refractivity contribution is 0.0660. The highest BCUT2D eigenvalue weighted by atomic mass is 32.2. The molecule has 0 aliphatic rings. The van der Waals surface area contributed by atoms with Gasteiger partial charge >= 0.3 is 0 Å².